The quantitative estimate of drug-likeness (QED) is 0.494. The van der Waals surface area contributed by atoms with Crippen molar-refractivity contribution in [1.82, 2.24) is 16.0 Å². The lowest BCUT2D eigenvalue weighted by molar-refractivity contribution is -0.137. The van der Waals surface area contributed by atoms with Gasteiger partial charge in [-0.15, -0.1) is 0 Å². The highest BCUT2D eigenvalue weighted by Crippen LogP contribution is 2.29. The van der Waals surface area contributed by atoms with Crippen LogP contribution in [0.3, 0.4) is 0 Å². The van der Waals surface area contributed by atoms with E-state index < -0.39 is 11.7 Å². The number of guanidine groups is 1. The van der Waals surface area contributed by atoms with Crippen molar-refractivity contribution in [3.05, 3.63) is 35.4 Å². The number of alkyl halides is 3. The third kappa shape index (κ3) is 8.42. The van der Waals surface area contributed by atoms with Crippen molar-refractivity contribution in [2.24, 2.45) is 4.99 Å². The van der Waals surface area contributed by atoms with Crippen LogP contribution in [0.5, 0.6) is 0 Å². The largest absolute Gasteiger partial charge is 0.416 e. The molecular formula is C17H25F3N4O. The number of carbonyl (C=O) groups excluding carboxylic acids is 1. The molecule has 140 valence electrons. The van der Waals surface area contributed by atoms with E-state index in [4.69, 9.17) is 0 Å². The molecule has 0 radical (unpaired) electrons. The molecule has 0 fully saturated rings. The lowest BCUT2D eigenvalue weighted by Gasteiger charge is -2.12. The number of carbonyl (C=O) groups is 1. The summed E-state index contributed by atoms with van der Waals surface area (Å²) in [6.07, 6.45) is -2.51. The number of hydrogen-bond acceptors (Lipinski definition) is 2. The van der Waals surface area contributed by atoms with Gasteiger partial charge in [-0.1, -0.05) is 19.1 Å². The van der Waals surface area contributed by atoms with Crippen LogP contribution in [0.25, 0.3) is 0 Å². The van der Waals surface area contributed by atoms with Crippen LogP contribution in [-0.2, 0) is 17.4 Å². The molecule has 0 aliphatic heterocycles. The topological polar surface area (TPSA) is 65.5 Å². The SMILES string of the molecule is CCCNC(=O)CCNC(=NC)NCCc1ccc(C(F)(F)F)cc1. The van der Waals surface area contributed by atoms with Gasteiger partial charge in [-0.25, -0.2) is 0 Å². The van der Waals surface area contributed by atoms with Crippen LogP contribution in [0, 0.1) is 0 Å². The van der Waals surface area contributed by atoms with Gasteiger partial charge in [0.25, 0.3) is 0 Å². The van der Waals surface area contributed by atoms with E-state index >= 15 is 0 Å². The molecule has 0 aliphatic rings. The first-order chi connectivity index (χ1) is 11.9. The van der Waals surface area contributed by atoms with Crippen LogP contribution in [0.4, 0.5) is 13.2 Å². The molecule has 0 aliphatic carbocycles. The number of benzene rings is 1. The minimum atomic E-state index is -4.31. The molecule has 0 atom stereocenters. The Balaban J connectivity index is 2.30. The van der Waals surface area contributed by atoms with Gasteiger partial charge >= 0.3 is 6.18 Å². The minimum absolute atomic E-state index is 0.0189. The third-order valence-corrected chi connectivity index (χ3v) is 3.43. The Kier molecular flexibility index (Phi) is 8.80. The van der Waals surface area contributed by atoms with E-state index in [2.05, 4.69) is 20.9 Å². The number of nitrogens with one attached hydrogen (secondary N) is 3. The van der Waals surface area contributed by atoms with Crippen molar-refractivity contribution >= 4 is 11.9 Å². The summed E-state index contributed by atoms with van der Waals surface area (Å²) in [7, 11) is 1.62. The Morgan fingerprint density at radius 3 is 2.24 bits per heavy atom. The van der Waals surface area contributed by atoms with Gasteiger partial charge in [0.2, 0.25) is 5.91 Å². The zero-order chi connectivity index (χ0) is 18.7. The summed E-state index contributed by atoms with van der Waals surface area (Å²) in [5.74, 6) is 0.532. The number of rotatable bonds is 8. The van der Waals surface area contributed by atoms with Gasteiger partial charge in [0, 0.05) is 33.1 Å². The summed E-state index contributed by atoms with van der Waals surface area (Å²) in [5, 5.41) is 8.87. The Morgan fingerprint density at radius 1 is 1.04 bits per heavy atom. The van der Waals surface area contributed by atoms with Crippen LogP contribution in [0.1, 0.15) is 30.9 Å². The highest BCUT2D eigenvalue weighted by atomic mass is 19.4. The second-order valence-corrected chi connectivity index (χ2v) is 5.47. The van der Waals surface area contributed by atoms with Crippen molar-refractivity contribution in [1.29, 1.82) is 0 Å². The fourth-order valence-corrected chi connectivity index (χ4v) is 2.05. The smallest absolute Gasteiger partial charge is 0.356 e. The molecule has 3 N–H and O–H groups in total. The van der Waals surface area contributed by atoms with Crippen LogP contribution in [0.2, 0.25) is 0 Å². The average molecular weight is 358 g/mol. The second kappa shape index (κ2) is 10.6. The molecule has 1 amide bonds. The predicted molar refractivity (Wildman–Crippen MR) is 92.4 cm³/mol. The summed E-state index contributed by atoms with van der Waals surface area (Å²) in [6.45, 7) is 3.63. The number of aliphatic imine (C=N–C) groups is 1. The first kappa shape index (κ1) is 20.8. The summed E-state index contributed by atoms with van der Waals surface area (Å²) in [5.41, 5.74) is 0.151. The molecule has 0 unspecified atom stereocenters. The Hall–Kier alpha value is -2.25. The van der Waals surface area contributed by atoms with Gasteiger partial charge in [0.1, 0.15) is 0 Å². The van der Waals surface area contributed by atoms with Crippen LogP contribution < -0.4 is 16.0 Å². The van der Waals surface area contributed by atoms with E-state index in [1.807, 2.05) is 6.92 Å². The van der Waals surface area contributed by atoms with Crippen LogP contribution in [-0.4, -0.2) is 38.5 Å². The fourth-order valence-electron chi connectivity index (χ4n) is 2.05. The average Bonchev–Trinajstić information content (AvgIpc) is 2.58. The van der Waals surface area contributed by atoms with E-state index in [-0.39, 0.29) is 5.91 Å². The molecule has 25 heavy (non-hydrogen) atoms. The van der Waals surface area contributed by atoms with Gasteiger partial charge in [-0.3, -0.25) is 9.79 Å². The molecule has 8 heteroatoms. The van der Waals surface area contributed by atoms with Gasteiger partial charge < -0.3 is 16.0 Å². The number of nitrogens with zero attached hydrogens (tertiary/aromatic N) is 1. The lowest BCUT2D eigenvalue weighted by atomic mass is 10.1. The molecule has 0 saturated heterocycles. The van der Waals surface area contributed by atoms with Gasteiger partial charge in [0.15, 0.2) is 5.96 Å². The monoisotopic (exact) mass is 358 g/mol. The molecule has 0 bridgehead atoms. The van der Waals surface area contributed by atoms with Crippen molar-refractivity contribution < 1.29 is 18.0 Å². The Labute approximate surface area is 146 Å². The molecule has 0 saturated carbocycles. The van der Waals surface area contributed by atoms with E-state index in [9.17, 15) is 18.0 Å². The number of halogens is 3. The summed E-state index contributed by atoms with van der Waals surface area (Å²) < 4.78 is 37.5. The van der Waals surface area contributed by atoms with E-state index in [1.54, 1.807) is 7.05 Å². The predicted octanol–water partition coefficient (Wildman–Crippen LogP) is 2.33. The van der Waals surface area contributed by atoms with Gasteiger partial charge in [0.05, 0.1) is 5.56 Å². The maximum atomic E-state index is 12.5. The first-order valence-corrected chi connectivity index (χ1v) is 8.24. The maximum Gasteiger partial charge on any atom is 0.416 e. The molecule has 0 spiro atoms. The highest BCUT2D eigenvalue weighted by Gasteiger charge is 2.29. The van der Waals surface area contributed by atoms with Crippen molar-refractivity contribution in [3.63, 3.8) is 0 Å². The fraction of sp³-hybridized carbons (Fsp3) is 0.529. The van der Waals surface area contributed by atoms with Crippen LogP contribution in [0.15, 0.2) is 29.3 Å². The minimum Gasteiger partial charge on any atom is -0.356 e. The number of hydrogen-bond donors (Lipinski definition) is 3. The molecule has 1 rings (SSSR count). The van der Waals surface area contributed by atoms with E-state index in [0.29, 0.717) is 38.4 Å². The maximum absolute atomic E-state index is 12.5. The van der Waals surface area contributed by atoms with Crippen molar-refractivity contribution in [2.45, 2.75) is 32.4 Å². The Morgan fingerprint density at radius 2 is 1.68 bits per heavy atom. The van der Waals surface area contributed by atoms with Gasteiger partial charge in [-0.2, -0.15) is 13.2 Å². The third-order valence-electron chi connectivity index (χ3n) is 3.43. The molecule has 0 aromatic heterocycles. The normalized spacial score (nSPS) is 12.0. The number of amides is 1. The lowest BCUT2D eigenvalue weighted by Crippen LogP contribution is -2.40. The zero-order valence-electron chi connectivity index (χ0n) is 14.5. The first-order valence-electron chi connectivity index (χ1n) is 8.24. The molecule has 5 nitrogen and oxygen atoms in total. The summed E-state index contributed by atoms with van der Waals surface area (Å²) in [4.78, 5) is 15.5. The summed E-state index contributed by atoms with van der Waals surface area (Å²) >= 11 is 0. The summed E-state index contributed by atoms with van der Waals surface area (Å²) in [6, 6.07) is 5.10. The standard InChI is InChI=1S/C17H25F3N4O/c1-3-10-22-15(25)9-12-24-16(21-2)23-11-8-13-4-6-14(7-5-13)17(18,19)20/h4-7H,3,8-12H2,1-2H3,(H,22,25)(H2,21,23,24). The Bertz CT molecular complexity index is 556. The van der Waals surface area contributed by atoms with E-state index in [0.717, 1.165) is 24.1 Å². The highest BCUT2D eigenvalue weighted by molar-refractivity contribution is 5.81. The van der Waals surface area contributed by atoms with Crippen LogP contribution >= 0.6 is 0 Å². The van der Waals surface area contributed by atoms with E-state index in [1.165, 1.54) is 12.1 Å². The molecular weight excluding hydrogens is 333 g/mol. The molecule has 1 aromatic carbocycles. The zero-order valence-corrected chi connectivity index (χ0v) is 14.5. The van der Waals surface area contributed by atoms with Gasteiger partial charge in [-0.05, 0) is 30.5 Å². The van der Waals surface area contributed by atoms with Crippen molar-refractivity contribution in [2.75, 3.05) is 26.7 Å². The second-order valence-electron chi connectivity index (χ2n) is 5.47. The van der Waals surface area contributed by atoms with Crippen molar-refractivity contribution in [3.8, 4) is 0 Å². The molecule has 0 heterocycles. The molecule has 1 aromatic rings.